The molecule has 3 aliphatic heterocycles. The van der Waals surface area contributed by atoms with E-state index in [9.17, 15) is 0 Å². The van der Waals surface area contributed by atoms with Crippen molar-refractivity contribution in [3.8, 4) is 11.1 Å². The van der Waals surface area contributed by atoms with Gasteiger partial charge in [-0.25, -0.2) is 0 Å². The Morgan fingerprint density at radius 2 is 0.950 bits per heavy atom. The van der Waals surface area contributed by atoms with Gasteiger partial charge in [0.15, 0.2) is 0 Å². The van der Waals surface area contributed by atoms with Crippen molar-refractivity contribution < 1.29 is 0 Å². The van der Waals surface area contributed by atoms with Gasteiger partial charge in [-0.2, -0.15) is 0 Å². The molecule has 0 aliphatic carbocycles. The minimum atomic E-state index is -0.455. The number of hydrogen-bond donors (Lipinski definition) is 0. The smallest absolute Gasteiger partial charge is 0.0782 e. The van der Waals surface area contributed by atoms with Gasteiger partial charge in [0.25, 0.3) is 0 Å². The Kier molecular flexibility index (Phi) is 4.34. The molecule has 6 aromatic carbocycles. The molecule has 3 heterocycles. The molecule has 188 valence electrons. The zero-order valence-electron chi connectivity index (χ0n) is 22.0. The molecule has 0 bridgehead atoms. The normalized spacial score (nSPS) is 15.0. The van der Waals surface area contributed by atoms with Gasteiger partial charge >= 0.3 is 0 Å². The van der Waals surface area contributed by atoms with Crippen LogP contribution in [0.3, 0.4) is 0 Å². The fourth-order valence-electron chi connectivity index (χ4n) is 7.58. The molecule has 6 aromatic rings. The Hall–Kier alpha value is -5.08. The first kappa shape index (κ1) is 21.8. The maximum absolute atomic E-state index is 2.56. The second-order valence-corrected chi connectivity index (χ2v) is 10.9. The lowest BCUT2D eigenvalue weighted by Crippen LogP contribution is -2.43. The standard InChI is InChI=1S/C38H26N2/c1-2-14-27(15-3-1)40-35-23-10-7-19-31(35)38(32-20-8-11-24-36(32)40)30-18-6-9-22-34(30)39-25-26-13-4-5-16-28(26)29-17-12-21-33(38)37(29)39/h1-24H,25H2. The lowest BCUT2D eigenvalue weighted by molar-refractivity contribution is 0.703. The number of fused-ring (bicyclic) bond motifs is 10. The zero-order valence-corrected chi connectivity index (χ0v) is 22.0. The molecule has 0 saturated carbocycles. The first-order chi connectivity index (χ1) is 19.9. The summed E-state index contributed by atoms with van der Waals surface area (Å²) in [6.45, 7) is 0.868. The van der Waals surface area contributed by atoms with Crippen molar-refractivity contribution in [3.05, 3.63) is 173 Å². The maximum atomic E-state index is 2.56. The second kappa shape index (κ2) is 7.97. The van der Waals surface area contributed by atoms with Crippen LogP contribution in [0.1, 0.15) is 27.8 Å². The molecule has 40 heavy (non-hydrogen) atoms. The Balaban J connectivity index is 1.46. The predicted molar refractivity (Wildman–Crippen MR) is 164 cm³/mol. The van der Waals surface area contributed by atoms with Crippen LogP contribution in [0, 0.1) is 0 Å². The fourth-order valence-corrected chi connectivity index (χ4v) is 7.58. The highest BCUT2D eigenvalue weighted by Gasteiger charge is 2.52. The lowest BCUT2D eigenvalue weighted by Gasteiger charge is -2.52. The number of hydrogen-bond acceptors (Lipinski definition) is 2. The molecule has 9 rings (SSSR count). The average molecular weight is 511 g/mol. The van der Waals surface area contributed by atoms with E-state index in [1.54, 1.807) is 0 Å². The summed E-state index contributed by atoms with van der Waals surface area (Å²) in [5, 5.41) is 0. The number of para-hydroxylation sites is 5. The summed E-state index contributed by atoms with van der Waals surface area (Å²) in [6.07, 6.45) is 0. The van der Waals surface area contributed by atoms with Crippen LogP contribution in [0.15, 0.2) is 146 Å². The van der Waals surface area contributed by atoms with Gasteiger partial charge < -0.3 is 9.80 Å². The minimum absolute atomic E-state index is 0.455. The molecular formula is C38H26N2. The van der Waals surface area contributed by atoms with Crippen molar-refractivity contribution in [3.63, 3.8) is 0 Å². The molecule has 0 N–H and O–H groups in total. The van der Waals surface area contributed by atoms with Crippen molar-refractivity contribution in [1.29, 1.82) is 0 Å². The van der Waals surface area contributed by atoms with E-state index in [2.05, 4.69) is 155 Å². The Morgan fingerprint density at radius 3 is 1.68 bits per heavy atom. The molecule has 3 aliphatic rings. The van der Waals surface area contributed by atoms with Crippen molar-refractivity contribution in [2.45, 2.75) is 12.0 Å². The molecule has 0 amide bonds. The van der Waals surface area contributed by atoms with E-state index in [1.165, 1.54) is 67.4 Å². The van der Waals surface area contributed by atoms with E-state index in [4.69, 9.17) is 0 Å². The van der Waals surface area contributed by atoms with E-state index < -0.39 is 5.41 Å². The van der Waals surface area contributed by atoms with Crippen LogP contribution in [-0.4, -0.2) is 0 Å². The highest BCUT2D eigenvalue weighted by atomic mass is 15.2. The Bertz CT molecular complexity index is 1910. The molecule has 0 fully saturated rings. The zero-order chi connectivity index (χ0) is 26.3. The van der Waals surface area contributed by atoms with Crippen LogP contribution in [0.5, 0.6) is 0 Å². The summed E-state index contributed by atoms with van der Waals surface area (Å²) in [6, 6.07) is 53.7. The third-order valence-electron chi connectivity index (χ3n) is 9.06. The molecule has 0 radical (unpaired) electrons. The molecular weight excluding hydrogens is 484 g/mol. The van der Waals surface area contributed by atoms with Crippen LogP contribution in [-0.2, 0) is 12.0 Å². The van der Waals surface area contributed by atoms with E-state index in [1.807, 2.05) is 0 Å². The van der Waals surface area contributed by atoms with Crippen molar-refractivity contribution in [2.24, 2.45) is 0 Å². The van der Waals surface area contributed by atoms with Crippen molar-refractivity contribution in [2.75, 3.05) is 9.80 Å². The quantitative estimate of drug-likeness (QED) is 0.217. The number of nitrogens with zero attached hydrogens (tertiary/aromatic N) is 2. The first-order valence-electron chi connectivity index (χ1n) is 14.0. The van der Waals surface area contributed by atoms with Gasteiger partial charge in [0.05, 0.1) is 22.5 Å². The molecule has 1 spiro atoms. The van der Waals surface area contributed by atoms with Crippen molar-refractivity contribution in [1.82, 2.24) is 0 Å². The maximum Gasteiger partial charge on any atom is 0.0782 e. The van der Waals surface area contributed by atoms with Gasteiger partial charge in [0.2, 0.25) is 0 Å². The van der Waals surface area contributed by atoms with Crippen LogP contribution in [0.2, 0.25) is 0 Å². The van der Waals surface area contributed by atoms with Crippen LogP contribution in [0.25, 0.3) is 11.1 Å². The highest BCUT2D eigenvalue weighted by molar-refractivity contribution is 5.99. The number of benzene rings is 6. The largest absolute Gasteiger partial charge is 0.336 e. The SMILES string of the molecule is c1ccc(N2c3ccccc3C3(c4ccccc4N4Cc5ccccc5-c5cccc3c54)c3ccccc32)cc1. The third kappa shape index (κ3) is 2.63. The second-order valence-electron chi connectivity index (χ2n) is 10.9. The summed E-state index contributed by atoms with van der Waals surface area (Å²) in [5.41, 5.74) is 15.1. The van der Waals surface area contributed by atoms with Gasteiger partial charge in [-0.1, -0.05) is 115 Å². The molecule has 0 aromatic heterocycles. The first-order valence-corrected chi connectivity index (χ1v) is 14.0. The van der Waals surface area contributed by atoms with E-state index >= 15 is 0 Å². The highest BCUT2D eigenvalue weighted by Crippen LogP contribution is 2.64. The molecule has 0 unspecified atom stereocenters. The van der Waals surface area contributed by atoms with Crippen LogP contribution >= 0.6 is 0 Å². The lowest BCUT2D eigenvalue weighted by atomic mass is 9.59. The topological polar surface area (TPSA) is 6.48 Å². The van der Waals surface area contributed by atoms with Gasteiger partial charge in [0.1, 0.15) is 0 Å². The van der Waals surface area contributed by atoms with Crippen LogP contribution < -0.4 is 9.80 Å². The summed E-state index contributed by atoms with van der Waals surface area (Å²) in [4.78, 5) is 5.00. The summed E-state index contributed by atoms with van der Waals surface area (Å²) < 4.78 is 0. The van der Waals surface area contributed by atoms with Gasteiger partial charge in [-0.05, 0) is 63.7 Å². The summed E-state index contributed by atoms with van der Waals surface area (Å²) >= 11 is 0. The van der Waals surface area contributed by atoms with Gasteiger partial charge in [0, 0.05) is 23.5 Å². The summed E-state index contributed by atoms with van der Waals surface area (Å²) in [5.74, 6) is 0. The van der Waals surface area contributed by atoms with E-state index in [0.717, 1.165) is 6.54 Å². The van der Waals surface area contributed by atoms with Crippen LogP contribution in [0.4, 0.5) is 28.4 Å². The minimum Gasteiger partial charge on any atom is -0.336 e. The summed E-state index contributed by atoms with van der Waals surface area (Å²) in [7, 11) is 0. The molecule has 0 saturated heterocycles. The molecule has 2 nitrogen and oxygen atoms in total. The average Bonchev–Trinajstić information content (AvgIpc) is 3.03. The monoisotopic (exact) mass is 510 g/mol. The Labute approximate surface area is 234 Å². The number of rotatable bonds is 1. The fraction of sp³-hybridized carbons (Fsp3) is 0.0526. The molecule has 2 heteroatoms. The van der Waals surface area contributed by atoms with Gasteiger partial charge in [-0.15, -0.1) is 0 Å². The van der Waals surface area contributed by atoms with E-state index in [0.29, 0.717) is 0 Å². The van der Waals surface area contributed by atoms with E-state index in [-0.39, 0.29) is 0 Å². The van der Waals surface area contributed by atoms with Crippen molar-refractivity contribution >= 4 is 28.4 Å². The molecule has 0 atom stereocenters. The predicted octanol–water partition coefficient (Wildman–Crippen LogP) is 9.48. The Morgan fingerprint density at radius 1 is 0.425 bits per heavy atom. The van der Waals surface area contributed by atoms with Gasteiger partial charge in [-0.3, -0.25) is 0 Å². The number of anilines is 5. The third-order valence-corrected chi connectivity index (χ3v) is 9.06.